The van der Waals surface area contributed by atoms with Gasteiger partial charge in [-0.05, 0) is 44.0 Å². The minimum atomic E-state index is -0.155. The Morgan fingerprint density at radius 2 is 1.88 bits per heavy atom. The van der Waals surface area contributed by atoms with Crippen LogP contribution in [0.1, 0.15) is 61.2 Å². The predicted octanol–water partition coefficient (Wildman–Crippen LogP) is 4.05. The van der Waals surface area contributed by atoms with Crippen molar-refractivity contribution in [3.8, 4) is 0 Å². The van der Waals surface area contributed by atoms with E-state index in [9.17, 15) is 9.59 Å². The molecule has 0 atom stereocenters. The Labute approximate surface area is 150 Å². The molecule has 0 spiro atoms. The number of hydrogen-bond donors (Lipinski definition) is 1. The average molecular weight is 359 g/mol. The first kappa shape index (κ1) is 17.7. The normalized spacial score (nSPS) is 15.1. The van der Waals surface area contributed by atoms with Gasteiger partial charge in [0.15, 0.2) is 5.78 Å². The lowest BCUT2D eigenvalue weighted by Gasteiger charge is -2.17. The van der Waals surface area contributed by atoms with Crippen molar-refractivity contribution in [3.63, 3.8) is 0 Å². The summed E-state index contributed by atoms with van der Waals surface area (Å²) < 4.78 is 5.69. The van der Waals surface area contributed by atoms with Crippen LogP contribution in [0.25, 0.3) is 0 Å². The summed E-state index contributed by atoms with van der Waals surface area (Å²) in [5.41, 5.74) is 1.28. The third-order valence-corrected chi connectivity index (χ3v) is 5.10. The Morgan fingerprint density at radius 1 is 1.16 bits per heavy atom. The molecule has 7 heteroatoms. The quantitative estimate of drug-likeness (QED) is 0.618. The highest BCUT2D eigenvalue weighted by Crippen LogP contribution is 2.32. The molecule has 2 aromatic rings. The van der Waals surface area contributed by atoms with E-state index in [4.69, 9.17) is 4.42 Å². The number of hydrogen-bond acceptors (Lipinski definition) is 6. The first-order valence-electron chi connectivity index (χ1n) is 8.49. The Balaban J connectivity index is 1.48. The number of ketones is 1. The molecule has 1 aliphatic carbocycles. The van der Waals surface area contributed by atoms with Gasteiger partial charge in [0.05, 0.1) is 5.75 Å². The molecule has 25 heavy (non-hydrogen) atoms. The number of rotatable bonds is 6. The van der Waals surface area contributed by atoms with Crippen LogP contribution in [0.4, 0.5) is 5.69 Å². The molecule has 1 aromatic heterocycles. The summed E-state index contributed by atoms with van der Waals surface area (Å²) in [6.45, 7) is 1.51. The second kappa shape index (κ2) is 8.29. The van der Waals surface area contributed by atoms with Gasteiger partial charge in [0.25, 0.3) is 5.22 Å². The van der Waals surface area contributed by atoms with Gasteiger partial charge in [-0.3, -0.25) is 9.59 Å². The maximum Gasteiger partial charge on any atom is 0.277 e. The van der Waals surface area contributed by atoms with Gasteiger partial charge in [-0.2, -0.15) is 0 Å². The average Bonchev–Trinajstić information content (AvgIpc) is 3.10. The molecule has 0 saturated heterocycles. The lowest BCUT2D eigenvalue weighted by atomic mass is 9.89. The SMILES string of the molecule is CC(=O)c1ccc(NC(=O)CSc2nnc(C3CCCCC3)o2)cc1. The van der Waals surface area contributed by atoms with Gasteiger partial charge in [-0.1, -0.05) is 31.0 Å². The van der Waals surface area contributed by atoms with Crippen LogP contribution < -0.4 is 5.32 Å². The molecular formula is C18H21N3O3S. The van der Waals surface area contributed by atoms with Gasteiger partial charge in [-0.25, -0.2) is 0 Å². The first-order chi connectivity index (χ1) is 12.1. The summed E-state index contributed by atoms with van der Waals surface area (Å²) in [6, 6.07) is 6.82. The van der Waals surface area contributed by atoms with Crippen molar-refractivity contribution >= 4 is 29.1 Å². The molecule has 1 N–H and O–H groups in total. The highest BCUT2D eigenvalue weighted by molar-refractivity contribution is 7.99. The molecule has 3 rings (SSSR count). The number of thioether (sulfide) groups is 1. The molecular weight excluding hydrogens is 338 g/mol. The molecule has 0 bridgehead atoms. The van der Waals surface area contributed by atoms with Crippen LogP contribution in [0.3, 0.4) is 0 Å². The number of carbonyl (C=O) groups excluding carboxylic acids is 2. The summed E-state index contributed by atoms with van der Waals surface area (Å²) in [6.07, 6.45) is 5.90. The Morgan fingerprint density at radius 3 is 2.56 bits per heavy atom. The highest BCUT2D eigenvalue weighted by atomic mass is 32.2. The summed E-state index contributed by atoms with van der Waals surface area (Å²) in [7, 11) is 0. The summed E-state index contributed by atoms with van der Waals surface area (Å²) in [5.74, 6) is 1.10. The molecule has 1 aliphatic rings. The van der Waals surface area contributed by atoms with E-state index < -0.39 is 0 Å². The molecule has 6 nitrogen and oxygen atoms in total. The minimum Gasteiger partial charge on any atom is -0.416 e. The van der Waals surface area contributed by atoms with Crippen molar-refractivity contribution < 1.29 is 14.0 Å². The van der Waals surface area contributed by atoms with Crippen molar-refractivity contribution in [1.29, 1.82) is 0 Å². The molecule has 0 aliphatic heterocycles. The topological polar surface area (TPSA) is 85.1 Å². The van der Waals surface area contributed by atoms with Gasteiger partial charge < -0.3 is 9.73 Å². The molecule has 0 unspecified atom stereocenters. The third-order valence-electron chi connectivity index (χ3n) is 4.28. The van der Waals surface area contributed by atoms with Crippen molar-refractivity contribution in [2.75, 3.05) is 11.1 Å². The summed E-state index contributed by atoms with van der Waals surface area (Å²) >= 11 is 1.23. The highest BCUT2D eigenvalue weighted by Gasteiger charge is 2.21. The van der Waals surface area contributed by atoms with Crippen LogP contribution in [-0.2, 0) is 4.79 Å². The fraction of sp³-hybridized carbons (Fsp3) is 0.444. The van der Waals surface area contributed by atoms with E-state index >= 15 is 0 Å². The maximum atomic E-state index is 12.0. The number of Topliss-reactive ketones (excluding diaryl/α,β-unsaturated/α-hetero) is 1. The number of anilines is 1. The van der Waals surface area contributed by atoms with E-state index in [0.29, 0.717) is 28.3 Å². The Hall–Kier alpha value is -2.15. The number of nitrogens with zero attached hydrogens (tertiary/aromatic N) is 2. The van der Waals surface area contributed by atoms with Gasteiger partial charge in [0.1, 0.15) is 0 Å². The zero-order chi connectivity index (χ0) is 17.6. The monoisotopic (exact) mass is 359 g/mol. The maximum absolute atomic E-state index is 12.0. The number of carbonyl (C=O) groups is 2. The molecule has 1 saturated carbocycles. The van der Waals surface area contributed by atoms with Gasteiger partial charge in [0, 0.05) is 17.2 Å². The zero-order valence-electron chi connectivity index (χ0n) is 14.2. The predicted molar refractivity (Wildman–Crippen MR) is 95.9 cm³/mol. The van der Waals surface area contributed by atoms with E-state index in [0.717, 1.165) is 12.8 Å². The molecule has 1 aromatic carbocycles. The zero-order valence-corrected chi connectivity index (χ0v) is 15.0. The van der Waals surface area contributed by atoms with Crippen molar-refractivity contribution in [3.05, 3.63) is 35.7 Å². The van der Waals surface area contributed by atoms with Crippen molar-refractivity contribution in [1.82, 2.24) is 10.2 Å². The van der Waals surface area contributed by atoms with Crippen molar-refractivity contribution in [2.45, 2.75) is 50.2 Å². The standard InChI is InChI=1S/C18H21N3O3S/c1-12(22)13-7-9-15(10-8-13)19-16(23)11-25-18-21-20-17(24-18)14-5-3-2-4-6-14/h7-10,14H,2-6,11H2,1H3,(H,19,23). The molecule has 1 amide bonds. The third kappa shape index (κ3) is 4.92. The van der Waals surface area contributed by atoms with E-state index in [2.05, 4.69) is 15.5 Å². The van der Waals surface area contributed by atoms with E-state index in [1.165, 1.54) is 37.9 Å². The first-order valence-corrected chi connectivity index (χ1v) is 9.47. The van der Waals surface area contributed by atoms with E-state index in [-0.39, 0.29) is 17.4 Å². The van der Waals surface area contributed by atoms with Gasteiger partial charge >= 0.3 is 0 Å². The van der Waals surface area contributed by atoms with Crippen LogP contribution >= 0.6 is 11.8 Å². The number of aromatic nitrogens is 2. The van der Waals surface area contributed by atoms with E-state index in [1.54, 1.807) is 24.3 Å². The smallest absolute Gasteiger partial charge is 0.277 e. The van der Waals surface area contributed by atoms with E-state index in [1.807, 2.05) is 0 Å². The summed E-state index contributed by atoms with van der Waals surface area (Å²) in [4.78, 5) is 23.3. The molecule has 0 radical (unpaired) electrons. The minimum absolute atomic E-state index is 0.00130. The van der Waals surface area contributed by atoms with Crippen LogP contribution in [0, 0.1) is 0 Å². The number of nitrogens with one attached hydrogen (secondary N) is 1. The van der Waals surface area contributed by atoms with Gasteiger partial charge in [0.2, 0.25) is 11.8 Å². The lowest BCUT2D eigenvalue weighted by Crippen LogP contribution is -2.14. The fourth-order valence-corrected chi connectivity index (χ4v) is 3.48. The number of amides is 1. The fourth-order valence-electron chi connectivity index (χ4n) is 2.91. The Bertz CT molecular complexity index is 736. The second-order valence-electron chi connectivity index (χ2n) is 6.21. The lowest BCUT2D eigenvalue weighted by molar-refractivity contribution is -0.113. The largest absolute Gasteiger partial charge is 0.416 e. The van der Waals surface area contributed by atoms with Gasteiger partial charge in [-0.15, -0.1) is 10.2 Å². The van der Waals surface area contributed by atoms with Crippen LogP contribution in [0.2, 0.25) is 0 Å². The number of benzene rings is 1. The van der Waals surface area contributed by atoms with Crippen LogP contribution in [0.5, 0.6) is 0 Å². The Kier molecular flexibility index (Phi) is 5.86. The molecule has 1 fully saturated rings. The molecule has 1 heterocycles. The molecule has 132 valence electrons. The van der Waals surface area contributed by atoms with Crippen molar-refractivity contribution in [2.24, 2.45) is 0 Å². The van der Waals surface area contributed by atoms with Crippen LogP contribution in [0.15, 0.2) is 33.9 Å². The second-order valence-corrected chi connectivity index (χ2v) is 7.14. The summed E-state index contributed by atoms with van der Waals surface area (Å²) in [5, 5.41) is 11.4. The van der Waals surface area contributed by atoms with Crippen LogP contribution in [-0.4, -0.2) is 27.6 Å².